The summed E-state index contributed by atoms with van der Waals surface area (Å²) in [6.07, 6.45) is 1.45. The molecular formula is C20H14N4O2S. The number of anilines is 1. The summed E-state index contributed by atoms with van der Waals surface area (Å²) in [7, 11) is 0. The van der Waals surface area contributed by atoms with Crippen LogP contribution in [0.3, 0.4) is 0 Å². The van der Waals surface area contributed by atoms with Crippen LogP contribution in [0.5, 0.6) is 0 Å². The zero-order chi connectivity index (χ0) is 18.5. The van der Waals surface area contributed by atoms with Crippen molar-refractivity contribution in [3.05, 3.63) is 82.5 Å². The molecule has 2 amide bonds. The van der Waals surface area contributed by atoms with Crippen molar-refractivity contribution in [2.45, 2.75) is 18.1 Å². The third-order valence-electron chi connectivity index (χ3n) is 4.70. The van der Waals surface area contributed by atoms with Crippen molar-refractivity contribution in [1.82, 2.24) is 14.8 Å². The summed E-state index contributed by atoms with van der Waals surface area (Å²) < 4.78 is 1.71. The molecule has 7 heteroatoms. The Kier molecular flexibility index (Phi) is 3.51. The van der Waals surface area contributed by atoms with Gasteiger partial charge in [0, 0.05) is 0 Å². The van der Waals surface area contributed by atoms with Gasteiger partial charge in [-0.25, -0.2) is 14.6 Å². The summed E-state index contributed by atoms with van der Waals surface area (Å²) in [6.45, 7) is 1.93. The second-order valence-corrected chi connectivity index (χ2v) is 7.41. The molecule has 0 fully saturated rings. The fourth-order valence-corrected chi connectivity index (χ4v) is 4.53. The van der Waals surface area contributed by atoms with Crippen molar-refractivity contribution in [3.63, 3.8) is 0 Å². The smallest absolute Gasteiger partial charge is 0.268 e. The number of fused-ring (bicyclic) bond motifs is 1. The molecule has 5 rings (SSSR count). The van der Waals surface area contributed by atoms with Gasteiger partial charge in [-0.3, -0.25) is 9.59 Å². The minimum Gasteiger partial charge on any atom is -0.268 e. The number of hydrogen-bond acceptors (Lipinski definition) is 5. The lowest BCUT2D eigenvalue weighted by molar-refractivity contribution is -0.120. The third-order valence-corrected chi connectivity index (χ3v) is 5.78. The van der Waals surface area contributed by atoms with Crippen LogP contribution in [0.1, 0.15) is 17.2 Å². The third kappa shape index (κ3) is 2.35. The number of hydrogen-bond donors (Lipinski definition) is 0. The summed E-state index contributed by atoms with van der Waals surface area (Å²) in [5, 5.41) is 4.92. The molecule has 6 nitrogen and oxygen atoms in total. The Bertz CT molecular complexity index is 1120. The van der Waals surface area contributed by atoms with Crippen LogP contribution in [0.2, 0.25) is 0 Å². The van der Waals surface area contributed by atoms with Crippen LogP contribution in [0, 0.1) is 6.92 Å². The van der Waals surface area contributed by atoms with Gasteiger partial charge in [0.2, 0.25) is 0 Å². The van der Waals surface area contributed by atoms with E-state index in [1.165, 1.54) is 23.0 Å². The van der Waals surface area contributed by atoms with Gasteiger partial charge in [-0.2, -0.15) is 5.10 Å². The molecule has 0 radical (unpaired) electrons. The molecule has 2 aliphatic rings. The number of aryl methyl sites for hydroxylation is 1. The van der Waals surface area contributed by atoms with E-state index in [2.05, 4.69) is 10.1 Å². The number of imide groups is 1. The van der Waals surface area contributed by atoms with Gasteiger partial charge < -0.3 is 0 Å². The van der Waals surface area contributed by atoms with Crippen LogP contribution in [0.4, 0.5) is 5.69 Å². The van der Waals surface area contributed by atoms with Crippen molar-refractivity contribution >= 4 is 29.3 Å². The van der Waals surface area contributed by atoms with E-state index in [-0.39, 0.29) is 11.8 Å². The summed E-state index contributed by atoms with van der Waals surface area (Å²) in [5.41, 5.74) is 2.91. The number of nitrogens with zero attached hydrogens (tertiary/aromatic N) is 4. The highest BCUT2D eigenvalue weighted by molar-refractivity contribution is 8.04. The van der Waals surface area contributed by atoms with E-state index in [1.54, 1.807) is 10.7 Å². The average molecular weight is 374 g/mol. The molecule has 0 N–H and O–H groups in total. The number of benzene rings is 2. The monoisotopic (exact) mass is 374 g/mol. The fraction of sp³-hybridized carbons (Fsp3) is 0.100. The predicted molar refractivity (Wildman–Crippen MR) is 101 cm³/mol. The van der Waals surface area contributed by atoms with Crippen LogP contribution in [0.25, 0.3) is 0 Å². The number of rotatable bonds is 2. The fourth-order valence-electron chi connectivity index (χ4n) is 3.51. The van der Waals surface area contributed by atoms with Gasteiger partial charge in [-0.1, -0.05) is 42.5 Å². The molecule has 27 heavy (non-hydrogen) atoms. The Balaban J connectivity index is 1.67. The highest BCUT2D eigenvalue weighted by atomic mass is 32.2. The van der Waals surface area contributed by atoms with Gasteiger partial charge in [0.15, 0.2) is 5.16 Å². The Morgan fingerprint density at radius 3 is 2.59 bits per heavy atom. The molecule has 0 saturated heterocycles. The van der Waals surface area contributed by atoms with Crippen molar-refractivity contribution in [1.29, 1.82) is 0 Å². The predicted octanol–water partition coefficient (Wildman–Crippen LogP) is 3.11. The zero-order valence-corrected chi connectivity index (χ0v) is 15.2. The summed E-state index contributed by atoms with van der Waals surface area (Å²) >= 11 is 1.20. The van der Waals surface area contributed by atoms with Gasteiger partial charge in [0.1, 0.15) is 12.4 Å². The number of carbonyl (C=O) groups excluding carboxylic acids is 2. The van der Waals surface area contributed by atoms with Crippen LogP contribution >= 0.6 is 11.8 Å². The first-order valence-corrected chi connectivity index (χ1v) is 9.29. The van der Waals surface area contributed by atoms with Crippen LogP contribution in [-0.2, 0) is 9.59 Å². The maximum Gasteiger partial charge on any atom is 0.272 e. The quantitative estimate of drug-likeness (QED) is 0.645. The first-order valence-electron chi connectivity index (χ1n) is 8.47. The second-order valence-electron chi connectivity index (χ2n) is 6.43. The van der Waals surface area contributed by atoms with E-state index in [1.807, 2.05) is 55.5 Å². The molecule has 0 spiro atoms. The standard InChI is InChI=1S/C20H14N4O2S/c1-12-6-5-9-14(10-12)23-18(25)15-16(13-7-3-2-4-8-13)24-20(21-11-22-24)27-17(15)19(23)26/h2-11,16H,1H3/t16-/m0/s1. The molecule has 1 atom stereocenters. The summed E-state index contributed by atoms with van der Waals surface area (Å²) in [5.74, 6) is -0.608. The van der Waals surface area contributed by atoms with Crippen LogP contribution in [0.15, 0.2) is 76.6 Å². The van der Waals surface area contributed by atoms with E-state index in [0.29, 0.717) is 21.3 Å². The minimum absolute atomic E-state index is 0.303. The topological polar surface area (TPSA) is 68.1 Å². The Morgan fingerprint density at radius 2 is 1.81 bits per heavy atom. The second kappa shape index (κ2) is 5.92. The van der Waals surface area contributed by atoms with E-state index in [4.69, 9.17) is 0 Å². The van der Waals surface area contributed by atoms with Gasteiger partial charge >= 0.3 is 0 Å². The first-order chi connectivity index (χ1) is 13.1. The van der Waals surface area contributed by atoms with Crippen molar-refractivity contribution < 1.29 is 9.59 Å². The Morgan fingerprint density at radius 1 is 1.00 bits per heavy atom. The van der Waals surface area contributed by atoms with Gasteiger partial charge in [0.25, 0.3) is 11.8 Å². The molecule has 132 valence electrons. The average Bonchev–Trinajstić information content (AvgIpc) is 3.24. The molecular weight excluding hydrogens is 360 g/mol. The number of thioether (sulfide) groups is 1. The molecule has 0 bridgehead atoms. The molecule has 2 aromatic carbocycles. The lowest BCUT2D eigenvalue weighted by Gasteiger charge is -2.24. The van der Waals surface area contributed by atoms with E-state index in [9.17, 15) is 9.59 Å². The lowest BCUT2D eigenvalue weighted by atomic mass is 9.98. The Labute approximate surface area is 159 Å². The van der Waals surface area contributed by atoms with Gasteiger partial charge in [0.05, 0.1) is 16.2 Å². The molecule has 0 saturated carbocycles. The van der Waals surface area contributed by atoms with Gasteiger partial charge in [-0.05, 0) is 41.9 Å². The molecule has 3 heterocycles. The summed E-state index contributed by atoms with van der Waals surface area (Å²) in [6, 6.07) is 16.5. The highest BCUT2D eigenvalue weighted by Gasteiger charge is 2.47. The highest BCUT2D eigenvalue weighted by Crippen LogP contribution is 2.47. The Hall–Kier alpha value is -3.19. The number of carbonyl (C=O) groups is 2. The molecule has 0 unspecified atom stereocenters. The maximum absolute atomic E-state index is 13.3. The van der Waals surface area contributed by atoms with E-state index < -0.39 is 6.04 Å². The first kappa shape index (κ1) is 16.0. The normalized spacial score (nSPS) is 18.7. The van der Waals surface area contributed by atoms with Crippen molar-refractivity contribution in [2.24, 2.45) is 0 Å². The SMILES string of the molecule is Cc1cccc(N2C(=O)C3=C(C2=O)[C@H](c2ccccc2)n2ncnc2S3)c1. The van der Waals surface area contributed by atoms with Crippen LogP contribution in [-0.4, -0.2) is 26.6 Å². The van der Waals surface area contributed by atoms with E-state index >= 15 is 0 Å². The lowest BCUT2D eigenvalue weighted by Crippen LogP contribution is -2.32. The maximum atomic E-state index is 13.3. The van der Waals surface area contributed by atoms with E-state index in [0.717, 1.165) is 11.1 Å². The zero-order valence-electron chi connectivity index (χ0n) is 14.4. The largest absolute Gasteiger partial charge is 0.272 e. The number of amides is 2. The molecule has 1 aromatic heterocycles. The van der Waals surface area contributed by atoms with Gasteiger partial charge in [-0.15, -0.1) is 0 Å². The van der Waals surface area contributed by atoms with Crippen molar-refractivity contribution in [2.75, 3.05) is 4.90 Å². The van der Waals surface area contributed by atoms with Crippen molar-refractivity contribution in [3.8, 4) is 0 Å². The number of aromatic nitrogens is 3. The summed E-state index contributed by atoms with van der Waals surface area (Å²) in [4.78, 5) is 32.4. The molecule has 2 aliphatic heterocycles. The molecule has 3 aromatic rings. The minimum atomic E-state index is -0.466. The van der Waals surface area contributed by atoms with Crippen LogP contribution < -0.4 is 4.90 Å². The molecule has 0 aliphatic carbocycles.